The largest absolute Gasteiger partial charge is 0.375 e. The maximum atomic E-state index is 12.2. The number of benzene rings is 1. The van der Waals surface area contributed by atoms with Gasteiger partial charge in [0.2, 0.25) is 0 Å². The molecular formula is C19H29IN4O2S2. The van der Waals surface area contributed by atoms with E-state index in [2.05, 4.69) is 15.3 Å². The Bertz CT molecular complexity index is 755. The molecule has 2 rings (SSSR count). The molecule has 1 aromatic carbocycles. The second kappa shape index (κ2) is 13.2. The molecule has 1 N–H and O–H groups in total. The van der Waals surface area contributed by atoms with Crippen LogP contribution >= 0.6 is 35.3 Å². The van der Waals surface area contributed by atoms with Crippen LogP contribution in [0.2, 0.25) is 0 Å². The van der Waals surface area contributed by atoms with E-state index in [1.807, 2.05) is 54.6 Å². The van der Waals surface area contributed by atoms with Crippen molar-refractivity contribution in [2.45, 2.75) is 25.3 Å². The molecule has 1 heterocycles. The summed E-state index contributed by atoms with van der Waals surface area (Å²) in [7, 11) is 4.50. The molecule has 0 aliphatic rings. The minimum absolute atomic E-state index is 0. The quantitative estimate of drug-likeness (QED) is 0.302. The van der Waals surface area contributed by atoms with Crippen molar-refractivity contribution in [2.24, 2.45) is 4.99 Å². The molecule has 0 spiro atoms. The first-order chi connectivity index (χ1) is 13.0. The molecule has 1 aromatic heterocycles. The highest BCUT2D eigenvalue weighted by Crippen LogP contribution is 2.20. The normalized spacial score (nSPS) is 13.5. The fourth-order valence-corrected chi connectivity index (χ4v) is 4.37. The van der Waals surface area contributed by atoms with Crippen molar-refractivity contribution in [3.05, 3.63) is 52.0 Å². The molecule has 0 radical (unpaired) electrons. The fraction of sp³-hybridized carbons (Fsp3) is 0.474. The van der Waals surface area contributed by atoms with Crippen LogP contribution in [0.3, 0.4) is 0 Å². The molecule has 6 nitrogen and oxygen atoms in total. The minimum atomic E-state index is -0.904. The van der Waals surface area contributed by atoms with Crippen LogP contribution < -0.4 is 5.32 Å². The van der Waals surface area contributed by atoms with Gasteiger partial charge in [0.25, 0.3) is 0 Å². The van der Waals surface area contributed by atoms with Crippen LogP contribution in [0.15, 0.2) is 40.7 Å². The van der Waals surface area contributed by atoms with Crippen LogP contribution in [0.1, 0.15) is 29.3 Å². The summed E-state index contributed by atoms with van der Waals surface area (Å²) < 4.78 is 17.5. The van der Waals surface area contributed by atoms with Gasteiger partial charge in [0, 0.05) is 55.4 Å². The molecular weight excluding hydrogens is 507 g/mol. The summed E-state index contributed by atoms with van der Waals surface area (Å²) >= 11 is 1.60. The summed E-state index contributed by atoms with van der Waals surface area (Å²) in [6.07, 6.45) is 0.00564. The number of guanidine groups is 1. The van der Waals surface area contributed by atoms with Gasteiger partial charge in [0.1, 0.15) is 11.1 Å². The van der Waals surface area contributed by atoms with Crippen molar-refractivity contribution < 1.29 is 8.95 Å². The van der Waals surface area contributed by atoms with Crippen LogP contribution in [-0.4, -0.2) is 53.6 Å². The number of rotatable bonds is 9. The van der Waals surface area contributed by atoms with E-state index in [4.69, 9.17) is 4.74 Å². The van der Waals surface area contributed by atoms with E-state index in [1.54, 1.807) is 25.5 Å². The molecule has 2 unspecified atom stereocenters. The lowest BCUT2D eigenvalue weighted by Gasteiger charge is -2.21. The Labute approximate surface area is 191 Å². The van der Waals surface area contributed by atoms with E-state index in [-0.39, 0.29) is 30.1 Å². The van der Waals surface area contributed by atoms with E-state index in [0.29, 0.717) is 24.6 Å². The molecule has 0 bridgehead atoms. The molecule has 2 aromatic rings. The second-order valence-electron chi connectivity index (χ2n) is 6.16. The molecule has 0 aliphatic carbocycles. The molecule has 0 saturated carbocycles. The summed E-state index contributed by atoms with van der Waals surface area (Å²) in [5.41, 5.74) is 2.08. The molecule has 0 saturated heterocycles. The minimum Gasteiger partial charge on any atom is -0.375 e. The Morgan fingerprint density at radius 2 is 2.11 bits per heavy atom. The number of nitrogens with one attached hydrogen (secondary N) is 1. The molecule has 0 fully saturated rings. The fourth-order valence-electron chi connectivity index (χ4n) is 2.49. The first kappa shape index (κ1) is 25.0. The van der Waals surface area contributed by atoms with E-state index in [1.165, 1.54) is 0 Å². The Balaban J connectivity index is 0.00000392. The van der Waals surface area contributed by atoms with Crippen LogP contribution in [0.25, 0.3) is 0 Å². The second-order valence-corrected chi connectivity index (χ2v) is 8.63. The van der Waals surface area contributed by atoms with E-state index in [9.17, 15) is 4.21 Å². The predicted octanol–water partition coefficient (Wildman–Crippen LogP) is 3.42. The summed E-state index contributed by atoms with van der Waals surface area (Å²) in [6.45, 7) is 3.25. The van der Waals surface area contributed by atoms with Gasteiger partial charge < -0.3 is 15.0 Å². The molecule has 0 amide bonds. The highest BCUT2D eigenvalue weighted by Gasteiger charge is 2.13. The third-order valence-electron chi connectivity index (χ3n) is 4.03. The van der Waals surface area contributed by atoms with Gasteiger partial charge in [-0.3, -0.25) is 9.20 Å². The maximum Gasteiger partial charge on any atom is 0.193 e. The number of ether oxygens (including phenoxy) is 1. The monoisotopic (exact) mass is 536 g/mol. The third kappa shape index (κ3) is 8.14. The lowest BCUT2D eigenvalue weighted by atomic mass is 10.2. The van der Waals surface area contributed by atoms with Gasteiger partial charge >= 0.3 is 0 Å². The van der Waals surface area contributed by atoms with Crippen molar-refractivity contribution in [2.75, 3.05) is 33.5 Å². The average molecular weight is 537 g/mol. The average Bonchev–Trinajstić information content (AvgIpc) is 3.13. The number of nitrogens with zero attached hydrogens (tertiary/aromatic N) is 3. The van der Waals surface area contributed by atoms with Crippen LogP contribution in [0.5, 0.6) is 0 Å². The van der Waals surface area contributed by atoms with Gasteiger partial charge in [-0.1, -0.05) is 30.3 Å². The summed E-state index contributed by atoms with van der Waals surface area (Å²) in [6, 6.07) is 9.92. The smallest absolute Gasteiger partial charge is 0.193 e. The number of hydrogen-bond acceptors (Lipinski definition) is 5. The van der Waals surface area contributed by atoms with Crippen molar-refractivity contribution in [3.63, 3.8) is 0 Å². The van der Waals surface area contributed by atoms with Crippen molar-refractivity contribution in [3.8, 4) is 0 Å². The van der Waals surface area contributed by atoms with Crippen molar-refractivity contribution in [1.82, 2.24) is 15.2 Å². The summed E-state index contributed by atoms with van der Waals surface area (Å²) in [5.74, 6) is 1.92. The van der Waals surface area contributed by atoms with Gasteiger partial charge in [-0.05, 0) is 12.5 Å². The molecule has 2 atom stereocenters. The molecule has 9 heteroatoms. The Kier molecular flexibility index (Phi) is 11.8. The summed E-state index contributed by atoms with van der Waals surface area (Å²) in [5, 5.41) is 6.30. The summed E-state index contributed by atoms with van der Waals surface area (Å²) in [4.78, 5) is 10.9. The number of hydrogen-bond donors (Lipinski definition) is 1. The van der Waals surface area contributed by atoms with Crippen molar-refractivity contribution in [1.29, 1.82) is 0 Å². The van der Waals surface area contributed by atoms with Gasteiger partial charge in [0.15, 0.2) is 5.96 Å². The molecule has 0 aliphatic heterocycles. The zero-order chi connectivity index (χ0) is 19.6. The first-order valence-corrected chi connectivity index (χ1v) is 11.2. The zero-order valence-corrected chi connectivity index (χ0v) is 20.7. The maximum absolute atomic E-state index is 12.2. The van der Waals surface area contributed by atoms with Crippen molar-refractivity contribution >= 4 is 52.1 Å². The van der Waals surface area contributed by atoms with Crippen LogP contribution in [0, 0.1) is 0 Å². The van der Waals surface area contributed by atoms with Crippen LogP contribution in [0.4, 0.5) is 0 Å². The van der Waals surface area contributed by atoms with E-state index < -0.39 is 10.8 Å². The van der Waals surface area contributed by atoms with Crippen LogP contribution in [-0.2, 0) is 27.8 Å². The highest BCUT2D eigenvalue weighted by molar-refractivity contribution is 14.0. The van der Waals surface area contributed by atoms with Gasteiger partial charge in [0.05, 0.1) is 12.2 Å². The van der Waals surface area contributed by atoms with Gasteiger partial charge in [-0.25, -0.2) is 4.98 Å². The highest BCUT2D eigenvalue weighted by atomic mass is 127. The SMILES string of the molecule is CN=C(NCCS(=O)Cc1ccccc1)N(C)Cc1csc(C(C)OC)n1.I. The third-order valence-corrected chi connectivity index (χ3v) is 6.40. The Morgan fingerprint density at radius 3 is 2.75 bits per heavy atom. The first-order valence-electron chi connectivity index (χ1n) is 8.81. The Morgan fingerprint density at radius 1 is 1.39 bits per heavy atom. The number of thiazole rings is 1. The molecule has 156 valence electrons. The zero-order valence-electron chi connectivity index (χ0n) is 16.8. The lowest BCUT2D eigenvalue weighted by molar-refractivity contribution is 0.119. The number of aromatic nitrogens is 1. The lowest BCUT2D eigenvalue weighted by Crippen LogP contribution is -2.40. The van der Waals surface area contributed by atoms with Gasteiger partial charge in [-0.15, -0.1) is 35.3 Å². The topological polar surface area (TPSA) is 66.8 Å². The van der Waals surface area contributed by atoms with E-state index in [0.717, 1.165) is 22.2 Å². The Hall–Kier alpha value is -1.04. The predicted molar refractivity (Wildman–Crippen MR) is 129 cm³/mol. The number of methoxy groups -OCH3 is 1. The number of aliphatic imine (C=N–C) groups is 1. The van der Waals surface area contributed by atoms with Gasteiger partial charge in [-0.2, -0.15) is 0 Å². The standard InChI is InChI=1S/C19H28N4O2S2.HI/c1-15(25-4)18-22-17(13-26-18)12-23(3)19(20-2)21-10-11-27(24)14-16-8-6-5-7-9-16;/h5-9,13,15H,10-12,14H2,1-4H3,(H,20,21);1H. The number of halogens is 1. The molecule has 28 heavy (non-hydrogen) atoms. The van der Waals surface area contributed by atoms with E-state index >= 15 is 0 Å².